The monoisotopic (exact) mass is 788 g/mol. The van der Waals surface area contributed by atoms with E-state index in [-0.39, 0.29) is 49.3 Å². The van der Waals surface area contributed by atoms with E-state index in [0.29, 0.717) is 32.4 Å². The largest absolute Gasteiger partial charge is 0.389 e. The number of amides is 4. The van der Waals surface area contributed by atoms with E-state index >= 15 is 0 Å². The third-order valence-electron chi connectivity index (χ3n) is 10.6. The Morgan fingerprint density at radius 3 is 1.26 bits per heavy atom. The van der Waals surface area contributed by atoms with Gasteiger partial charge in [-0.25, -0.2) is 0 Å². The lowest BCUT2D eigenvalue weighted by Gasteiger charge is -2.42. The molecule has 0 aliphatic rings. The third kappa shape index (κ3) is 14.6. The van der Waals surface area contributed by atoms with Crippen molar-refractivity contribution in [1.82, 2.24) is 20.4 Å². The van der Waals surface area contributed by atoms with E-state index in [9.17, 15) is 24.3 Å². The van der Waals surface area contributed by atoms with E-state index in [1.165, 1.54) is 0 Å². The van der Waals surface area contributed by atoms with Crippen molar-refractivity contribution in [2.24, 2.45) is 23.7 Å². The van der Waals surface area contributed by atoms with Gasteiger partial charge < -0.3 is 25.5 Å². The Bertz CT molecular complexity index is 1760. The number of hydrogen-bond donors (Lipinski definition) is 3. The summed E-state index contributed by atoms with van der Waals surface area (Å²) >= 11 is 0. The summed E-state index contributed by atoms with van der Waals surface area (Å²) in [5.41, 5.74) is 2.08. The molecule has 9 nitrogen and oxygen atoms in total. The summed E-state index contributed by atoms with van der Waals surface area (Å²) in [5.74, 6) is -2.52. The Morgan fingerprint density at radius 2 is 0.897 bits per heavy atom. The Labute approximate surface area is 346 Å². The molecule has 58 heavy (non-hydrogen) atoms. The van der Waals surface area contributed by atoms with Gasteiger partial charge in [0.25, 0.3) is 0 Å². The molecule has 4 amide bonds. The summed E-state index contributed by atoms with van der Waals surface area (Å²) in [6.07, 6.45) is 0.303. The van der Waals surface area contributed by atoms with Crippen LogP contribution in [-0.2, 0) is 45.1 Å². The average molecular weight is 789 g/mol. The fourth-order valence-electron chi connectivity index (χ4n) is 7.49. The Morgan fingerprint density at radius 1 is 0.552 bits per heavy atom. The fraction of sp³-hybridized carbons (Fsp3) is 0.429. The molecule has 0 fully saturated rings. The molecule has 3 atom stereocenters. The summed E-state index contributed by atoms with van der Waals surface area (Å²) in [4.78, 5) is 60.2. The SMILES string of the molecule is CC(C)CC(CC(=O)N(C)Cc1ccccc1)C(=O)NC(Cc1ccccc1)(NC(=O)C(CC(=O)N(C)Cc1ccccc1)CC(C)C)C(O)CCc1ccccc1. The van der Waals surface area contributed by atoms with Crippen LogP contribution in [0.4, 0.5) is 0 Å². The second-order valence-electron chi connectivity index (χ2n) is 16.7. The molecular formula is C49H64N4O5. The van der Waals surface area contributed by atoms with Gasteiger partial charge in [-0.15, -0.1) is 0 Å². The normalized spacial score (nSPS) is 13.9. The van der Waals surface area contributed by atoms with E-state index in [4.69, 9.17) is 0 Å². The van der Waals surface area contributed by atoms with Crippen molar-refractivity contribution >= 4 is 23.6 Å². The van der Waals surface area contributed by atoms with Crippen LogP contribution in [0.2, 0.25) is 0 Å². The Kier molecular flexibility index (Phi) is 17.7. The first kappa shape index (κ1) is 45.4. The van der Waals surface area contributed by atoms with E-state index in [1.54, 1.807) is 23.9 Å². The Balaban J connectivity index is 1.70. The molecule has 0 saturated heterocycles. The lowest BCUT2D eigenvalue weighted by atomic mass is 9.86. The molecule has 310 valence electrons. The second kappa shape index (κ2) is 22.6. The lowest BCUT2D eigenvalue weighted by Crippen LogP contribution is -2.70. The third-order valence-corrected chi connectivity index (χ3v) is 10.6. The van der Waals surface area contributed by atoms with Gasteiger partial charge >= 0.3 is 0 Å². The van der Waals surface area contributed by atoms with Crippen molar-refractivity contribution in [3.8, 4) is 0 Å². The molecule has 0 spiro atoms. The molecule has 9 heteroatoms. The summed E-state index contributed by atoms with van der Waals surface area (Å²) in [6.45, 7) is 8.84. The van der Waals surface area contributed by atoms with Gasteiger partial charge in [0, 0.05) is 58.3 Å². The second-order valence-corrected chi connectivity index (χ2v) is 16.7. The highest BCUT2D eigenvalue weighted by Crippen LogP contribution is 2.26. The predicted octanol–water partition coefficient (Wildman–Crippen LogP) is 7.57. The van der Waals surface area contributed by atoms with Crippen molar-refractivity contribution in [3.05, 3.63) is 144 Å². The topological polar surface area (TPSA) is 119 Å². The van der Waals surface area contributed by atoms with Crippen molar-refractivity contribution < 1.29 is 24.3 Å². The van der Waals surface area contributed by atoms with Gasteiger partial charge in [0.05, 0.1) is 6.10 Å². The quantitative estimate of drug-likeness (QED) is 0.0711. The molecule has 0 radical (unpaired) electrons. The van der Waals surface area contributed by atoms with E-state index in [0.717, 1.165) is 22.3 Å². The van der Waals surface area contributed by atoms with Gasteiger partial charge in [-0.05, 0) is 59.8 Å². The first-order chi connectivity index (χ1) is 27.7. The predicted molar refractivity (Wildman–Crippen MR) is 231 cm³/mol. The van der Waals surface area contributed by atoms with E-state index in [1.807, 2.05) is 149 Å². The van der Waals surface area contributed by atoms with Crippen LogP contribution in [0.25, 0.3) is 0 Å². The molecule has 4 aromatic carbocycles. The van der Waals surface area contributed by atoms with Crippen molar-refractivity contribution in [3.63, 3.8) is 0 Å². The summed E-state index contributed by atoms with van der Waals surface area (Å²) in [7, 11) is 3.47. The number of aliphatic hydroxyl groups excluding tert-OH is 1. The van der Waals surface area contributed by atoms with Gasteiger partial charge in [0.15, 0.2) is 0 Å². The van der Waals surface area contributed by atoms with Crippen LogP contribution in [0.15, 0.2) is 121 Å². The number of aliphatic hydroxyl groups is 1. The van der Waals surface area contributed by atoms with Gasteiger partial charge in [-0.3, -0.25) is 19.2 Å². The number of nitrogens with zero attached hydrogens (tertiary/aromatic N) is 2. The number of carbonyl (C=O) groups excluding carboxylic acids is 4. The zero-order valence-electron chi connectivity index (χ0n) is 35.3. The maximum atomic E-state index is 14.7. The molecule has 0 saturated carbocycles. The first-order valence-electron chi connectivity index (χ1n) is 20.7. The molecular weight excluding hydrogens is 725 g/mol. The minimum absolute atomic E-state index is 0.0406. The standard InChI is InChI=1S/C49H64N4O5/c1-36(2)29-42(31-45(55)52(5)34-40-23-15-9-16-24-40)47(57)50-49(33-39-21-13-8-14-22-39,44(54)28-27-38-19-11-7-12-20-38)51-48(58)43(30-37(3)4)32-46(56)53(6)35-41-25-17-10-18-26-41/h7-26,36-37,42-44,54H,27-35H2,1-6H3,(H,50,57)(H,51,58). The average Bonchev–Trinajstić information content (AvgIpc) is 3.20. The smallest absolute Gasteiger partial charge is 0.225 e. The number of aryl methyl sites for hydroxylation is 1. The highest BCUT2D eigenvalue weighted by molar-refractivity contribution is 5.88. The molecule has 0 aliphatic carbocycles. The zero-order valence-corrected chi connectivity index (χ0v) is 35.3. The number of carbonyl (C=O) groups is 4. The van der Waals surface area contributed by atoms with Gasteiger partial charge in [-0.2, -0.15) is 0 Å². The summed E-state index contributed by atoms with van der Waals surface area (Å²) in [5, 5.41) is 18.7. The number of rotatable bonds is 22. The summed E-state index contributed by atoms with van der Waals surface area (Å²) in [6, 6.07) is 38.6. The van der Waals surface area contributed by atoms with Gasteiger partial charge in [0.2, 0.25) is 23.6 Å². The maximum absolute atomic E-state index is 14.7. The maximum Gasteiger partial charge on any atom is 0.225 e. The van der Waals surface area contributed by atoms with E-state index in [2.05, 4.69) is 10.6 Å². The molecule has 0 heterocycles. The molecule has 3 N–H and O–H groups in total. The van der Waals surface area contributed by atoms with Gasteiger partial charge in [-0.1, -0.05) is 149 Å². The fourth-order valence-corrected chi connectivity index (χ4v) is 7.49. The van der Waals surface area contributed by atoms with Crippen LogP contribution >= 0.6 is 0 Å². The van der Waals surface area contributed by atoms with Crippen LogP contribution < -0.4 is 10.6 Å². The number of hydrogen-bond acceptors (Lipinski definition) is 5. The first-order valence-corrected chi connectivity index (χ1v) is 20.7. The van der Waals surface area contributed by atoms with Crippen LogP contribution in [-0.4, -0.2) is 64.4 Å². The van der Waals surface area contributed by atoms with E-state index < -0.39 is 35.4 Å². The summed E-state index contributed by atoms with van der Waals surface area (Å²) < 4.78 is 0. The van der Waals surface area contributed by atoms with Crippen molar-refractivity contribution in [2.45, 2.75) is 97.5 Å². The zero-order chi connectivity index (χ0) is 42.1. The minimum atomic E-state index is -1.67. The van der Waals surface area contributed by atoms with Crippen LogP contribution in [0.5, 0.6) is 0 Å². The Hall–Kier alpha value is -5.28. The van der Waals surface area contributed by atoms with Crippen LogP contribution in [0, 0.1) is 23.7 Å². The van der Waals surface area contributed by atoms with Crippen LogP contribution in [0.1, 0.15) is 82.1 Å². The molecule has 0 bridgehead atoms. The van der Waals surface area contributed by atoms with Gasteiger partial charge in [0.1, 0.15) is 5.66 Å². The molecule has 4 rings (SSSR count). The van der Waals surface area contributed by atoms with Crippen LogP contribution in [0.3, 0.4) is 0 Å². The lowest BCUT2D eigenvalue weighted by molar-refractivity contribution is -0.141. The molecule has 4 aromatic rings. The van der Waals surface area contributed by atoms with Crippen molar-refractivity contribution in [1.29, 1.82) is 0 Å². The highest BCUT2D eigenvalue weighted by atomic mass is 16.3. The highest BCUT2D eigenvalue weighted by Gasteiger charge is 2.44. The molecule has 0 aliphatic heterocycles. The molecule has 3 unspecified atom stereocenters. The number of nitrogens with one attached hydrogen (secondary N) is 2. The minimum Gasteiger partial charge on any atom is -0.389 e. The van der Waals surface area contributed by atoms with Crippen molar-refractivity contribution in [2.75, 3.05) is 14.1 Å². The number of benzene rings is 4. The molecule has 0 aromatic heterocycles.